The van der Waals surface area contributed by atoms with Crippen molar-refractivity contribution in [3.8, 4) is 5.82 Å². The van der Waals surface area contributed by atoms with Crippen molar-refractivity contribution in [2.75, 3.05) is 19.6 Å². The number of nitrogens with zero attached hydrogens (tertiary/aromatic N) is 5. The van der Waals surface area contributed by atoms with Gasteiger partial charge in [0.1, 0.15) is 0 Å². The van der Waals surface area contributed by atoms with Gasteiger partial charge in [0.05, 0.1) is 12.2 Å². The first-order chi connectivity index (χ1) is 16.1. The van der Waals surface area contributed by atoms with Gasteiger partial charge in [0.15, 0.2) is 11.8 Å². The van der Waals surface area contributed by atoms with Crippen molar-refractivity contribution < 1.29 is 0 Å². The maximum Gasteiger partial charge on any atom is 0.191 e. The number of likely N-dealkylation sites (tertiary alicyclic amines) is 1. The summed E-state index contributed by atoms with van der Waals surface area (Å²) >= 11 is 0. The Hall–Kier alpha value is -3.19. The smallest absolute Gasteiger partial charge is 0.191 e. The fourth-order valence-electron chi connectivity index (χ4n) is 4.26. The second-order valence-corrected chi connectivity index (χ2v) is 8.74. The monoisotopic (exact) mass is 445 g/mol. The molecule has 4 rings (SSSR count). The Morgan fingerprint density at radius 3 is 2.48 bits per heavy atom. The molecule has 0 aliphatic carbocycles. The lowest BCUT2D eigenvalue weighted by Crippen LogP contribution is -2.48. The van der Waals surface area contributed by atoms with Crippen molar-refractivity contribution in [1.82, 2.24) is 30.3 Å². The Kier molecular flexibility index (Phi) is 7.73. The quantitative estimate of drug-likeness (QED) is 0.430. The van der Waals surface area contributed by atoms with Crippen molar-refractivity contribution in [2.24, 2.45) is 4.99 Å². The molecule has 1 fully saturated rings. The van der Waals surface area contributed by atoms with E-state index < -0.39 is 0 Å². The van der Waals surface area contributed by atoms with Crippen LogP contribution >= 0.6 is 0 Å². The maximum absolute atomic E-state index is 4.81. The van der Waals surface area contributed by atoms with Crippen molar-refractivity contribution in [1.29, 1.82) is 0 Å². The van der Waals surface area contributed by atoms with Gasteiger partial charge in [-0.05, 0) is 56.9 Å². The first kappa shape index (κ1) is 23.0. The van der Waals surface area contributed by atoms with E-state index in [1.807, 2.05) is 30.8 Å². The van der Waals surface area contributed by atoms with Gasteiger partial charge in [0, 0.05) is 44.1 Å². The molecule has 174 valence electrons. The average molecular weight is 446 g/mol. The van der Waals surface area contributed by atoms with Gasteiger partial charge in [-0.2, -0.15) is 5.10 Å². The second kappa shape index (κ2) is 11.1. The van der Waals surface area contributed by atoms with E-state index in [9.17, 15) is 0 Å². The van der Waals surface area contributed by atoms with Crippen LogP contribution in [0, 0.1) is 13.8 Å². The highest BCUT2D eigenvalue weighted by atomic mass is 15.3. The lowest BCUT2D eigenvalue weighted by Gasteiger charge is -2.33. The number of rotatable bonds is 7. The Bertz CT molecular complexity index is 1030. The van der Waals surface area contributed by atoms with E-state index in [0.717, 1.165) is 67.7 Å². The van der Waals surface area contributed by atoms with E-state index in [1.165, 1.54) is 5.56 Å². The summed E-state index contributed by atoms with van der Waals surface area (Å²) in [6, 6.07) is 17.3. The number of hydrogen-bond acceptors (Lipinski definition) is 4. The van der Waals surface area contributed by atoms with Crippen molar-refractivity contribution >= 4 is 5.96 Å². The minimum absolute atomic E-state index is 0.446. The van der Waals surface area contributed by atoms with Gasteiger partial charge in [-0.15, -0.1) is 0 Å². The van der Waals surface area contributed by atoms with Gasteiger partial charge < -0.3 is 10.6 Å². The number of aromatic nitrogens is 3. The summed E-state index contributed by atoms with van der Waals surface area (Å²) in [7, 11) is 0. The highest BCUT2D eigenvalue weighted by Crippen LogP contribution is 2.14. The predicted octanol–water partition coefficient (Wildman–Crippen LogP) is 3.60. The zero-order valence-corrected chi connectivity index (χ0v) is 20.0. The molecule has 0 saturated carbocycles. The Balaban J connectivity index is 1.30. The number of benzene rings is 1. The third-order valence-electron chi connectivity index (χ3n) is 5.98. The molecule has 1 aromatic carbocycles. The van der Waals surface area contributed by atoms with Crippen LogP contribution in [0.15, 0.2) is 59.7 Å². The number of guanidine groups is 1. The zero-order chi connectivity index (χ0) is 23.0. The highest BCUT2D eigenvalue weighted by molar-refractivity contribution is 5.80. The molecule has 2 N–H and O–H groups in total. The summed E-state index contributed by atoms with van der Waals surface area (Å²) in [6.45, 7) is 10.8. The summed E-state index contributed by atoms with van der Waals surface area (Å²) in [5, 5.41) is 11.5. The van der Waals surface area contributed by atoms with Crippen LogP contribution in [0.4, 0.5) is 0 Å². The third kappa shape index (κ3) is 6.42. The number of nitrogens with one attached hydrogen (secondary N) is 2. The molecule has 0 bridgehead atoms. The molecule has 7 nitrogen and oxygen atoms in total. The summed E-state index contributed by atoms with van der Waals surface area (Å²) in [5.74, 6) is 1.71. The van der Waals surface area contributed by atoms with E-state index >= 15 is 0 Å². The van der Waals surface area contributed by atoms with Crippen LogP contribution in [0.5, 0.6) is 0 Å². The maximum atomic E-state index is 4.81. The van der Waals surface area contributed by atoms with Gasteiger partial charge in [0.2, 0.25) is 0 Å². The Morgan fingerprint density at radius 2 is 1.85 bits per heavy atom. The van der Waals surface area contributed by atoms with Gasteiger partial charge in [-0.25, -0.2) is 14.7 Å². The van der Waals surface area contributed by atoms with E-state index in [-0.39, 0.29) is 0 Å². The van der Waals surface area contributed by atoms with Crippen LogP contribution < -0.4 is 10.6 Å². The van der Waals surface area contributed by atoms with Crippen molar-refractivity contribution in [2.45, 2.75) is 52.7 Å². The van der Waals surface area contributed by atoms with Crippen molar-refractivity contribution in [3.63, 3.8) is 0 Å². The van der Waals surface area contributed by atoms with Gasteiger partial charge >= 0.3 is 0 Å². The molecule has 3 aromatic rings. The van der Waals surface area contributed by atoms with Crippen LogP contribution in [0.25, 0.3) is 5.82 Å². The lowest BCUT2D eigenvalue weighted by atomic mass is 10.0. The standard InChI is InChI=1S/C26H35N7/c1-4-27-26(30-24-12-14-32(15-13-24)19-22-8-6-5-7-9-22)29-18-23-10-11-25(28-17-23)33-21(3)16-20(2)31-33/h5-11,16-17,24H,4,12-15,18-19H2,1-3H3,(H2,27,29,30). The van der Waals surface area contributed by atoms with Crippen LogP contribution in [0.3, 0.4) is 0 Å². The SMILES string of the molecule is CCNC(=NCc1ccc(-n2nc(C)cc2C)nc1)NC1CCN(Cc2ccccc2)CC1. The molecule has 7 heteroatoms. The average Bonchev–Trinajstić information content (AvgIpc) is 3.17. The summed E-state index contributed by atoms with van der Waals surface area (Å²) in [5.41, 5.74) is 4.54. The molecule has 1 aliphatic rings. The van der Waals surface area contributed by atoms with Crippen LogP contribution in [0.1, 0.15) is 42.3 Å². The Labute approximate surface area is 197 Å². The normalized spacial score (nSPS) is 15.5. The molecule has 33 heavy (non-hydrogen) atoms. The molecule has 0 spiro atoms. The molecule has 0 radical (unpaired) electrons. The van der Waals surface area contributed by atoms with Crippen LogP contribution in [-0.2, 0) is 13.1 Å². The first-order valence-corrected chi connectivity index (χ1v) is 11.9. The molecule has 1 aliphatic heterocycles. The van der Waals surface area contributed by atoms with Crippen molar-refractivity contribution in [3.05, 3.63) is 77.2 Å². The fraction of sp³-hybridized carbons (Fsp3) is 0.423. The predicted molar refractivity (Wildman–Crippen MR) is 134 cm³/mol. The van der Waals surface area contributed by atoms with Crippen LogP contribution in [0.2, 0.25) is 0 Å². The third-order valence-corrected chi connectivity index (χ3v) is 5.98. The van der Waals surface area contributed by atoms with E-state index in [1.54, 1.807) is 0 Å². The molecular formula is C26H35N7. The molecule has 2 aromatic heterocycles. The summed E-state index contributed by atoms with van der Waals surface area (Å²) in [6.07, 6.45) is 4.13. The molecular weight excluding hydrogens is 410 g/mol. The van der Waals surface area contributed by atoms with Crippen LogP contribution in [-0.4, -0.2) is 51.3 Å². The zero-order valence-electron chi connectivity index (χ0n) is 20.0. The summed E-state index contributed by atoms with van der Waals surface area (Å²) < 4.78 is 1.87. The second-order valence-electron chi connectivity index (χ2n) is 8.74. The Morgan fingerprint density at radius 1 is 1.06 bits per heavy atom. The van der Waals surface area contributed by atoms with Gasteiger partial charge in [-0.1, -0.05) is 36.4 Å². The lowest BCUT2D eigenvalue weighted by molar-refractivity contribution is 0.198. The molecule has 3 heterocycles. The minimum Gasteiger partial charge on any atom is -0.357 e. The van der Waals surface area contributed by atoms with E-state index in [4.69, 9.17) is 4.99 Å². The summed E-state index contributed by atoms with van der Waals surface area (Å²) in [4.78, 5) is 11.9. The molecule has 1 saturated heterocycles. The van der Waals surface area contributed by atoms with Gasteiger partial charge in [-0.3, -0.25) is 4.90 Å². The number of aliphatic imine (C=N–C) groups is 1. The topological polar surface area (TPSA) is 70.4 Å². The van der Waals surface area contributed by atoms with E-state index in [2.05, 4.69) is 75.0 Å². The highest BCUT2D eigenvalue weighted by Gasteiger charge is 2.20. The number of piperidine rings is 1. The number of aryl methyl sites for hydroxylation is 2. The fourth-order valence-corrected chi connectivity index (χ4v) is 4.26. The number of hydrogen-bond donors (Lipinski definition) is 2. The van der Waals surface area contributed by atoms with Gasteiger partial charge in [0.25, 0.3) is 0 Å². The largest absolute Gasteiger partial charge is 0.357 e. The minimum atomic E-state index is 0.446. The number of pyridine rings is 1. The molecule has 0 atom stereocenters. The van der Waals surface area contributed by atoms with E-state index in [0.29, 0.717) is 12.6 Å². The first-order valence-electron chi connectivity index (χ1n) is 11.9. The molecule has 0 amide bonds. The molecule has 0 unspecified atom stereocenters.